The van der Waals surface area contributed by atoms with Crippen LogP contribution in [0.2, 0.25) is 0 Å². The highest BCUT2D eigenvalue weighted by Crippen LogP contribution is 2.20. The van der Waals surface area contributed by atoms with Crippen LogP contribution in [0, 0.1) is 11.7 Å². The molecule has 19 heavy (non-hydrogen) atoms. The molecule has 0 aliphatic carbocycles. The third-order valence-corrected chi connectivity index (χ3v) is 4.07. The van der Waals surface area contributed by atoms with Gasteiger partial charge in [-0.2, -0.15) is 0 Å². The van der Waals surface area contributed by atoms with E-state index in [-0.39, 0.29) is 5.82 Å². The van der Waals surface area contributed by atoms with Gasteiger partial charge in [0.2, 0.25) is 0 Å². The summed E-state index contributed by atoms with van der Waals surface area (Å²) in [6.07, 6.45) is 5.20. The molecule has 1 heterocycles. The molecule has 0 amide bonds. The summed E-state index contributed by atoms with van der Waals surface area (Å²) in [5.74, 6) is 0.739. The van der Waals surface area contributed by atoms with Crippen LogP contribution in [0.1, 0.15) is 32.6 Å². The van der Waals surface area contributed by atoms with E-state index in [0.717, 1.165) is 24.7 Å². The molecular formula is C16H25FN2. The zero-order valence-corrected chi connectivity index (χ0v) is 11.9. The van der Waals surface area contributed by atoms with E-state index in [4.69, 9.17) is 0 Å². The van der Waals surface area contributed by atoms with Crippen LogP contribution in [0.15, 0.2) is 24.3 Å². The number of piperidine rings is 1. The molecule has 0 radical (unpaired) electrons. The second-order valence-corrected chi connectivity index (χ2v) is 5.39. The lowest BCUT2D eigenvalue weighted by atomic mass is 9.93. The van der Waals surface area contributed by atoms with Crippen molar-refractivity contribution in [3.63, 3.8) is 0 Å². The number of anilines is 1. The molecule has 0 saturated carbocycles. The average molecular weight is 264 g/mol. The molecule has 106 valence electrons. The summed E-state index contributed by atoms with van der Waals surface area (Å²) in [5, 5.41) is 3.41. The highest BCUT2D eigenvalue weighted by molar-refractivity contribution is 5.45. The fourth-order valence-corrected chi connectivity index (χ4v) is 2.86. The van der Waals surface area contributed by atoms with Gasteiger partial charge in [0, 0.05) is 18.8 Å². The van der Waals surface area contributed by atoms with Crippen LogP contribution in [0.4, 0.5) is 10.1 Å². The molecule has 1 fully saturated rings. The molecule has 1 aromatic carbocycles. The van der Waals surface area contributed by atoms with Gasteiger partial charge in [0.25, 0.3) is 0 Å². The van der Waals surface area contributed by atoms with Gasteiger partial charge in [-0.1, -0.05) is 0 Å². The zero-order valence-electron chi connectivity index (χ0n) is 11.9. The molecule has 1 saturated heterocycles. The lowest BCUT2D eigenvalue weighted by molar-refractivity contribution is 0.347. The van der Waals surface area contributed by atoms with Crippen molar-refractivity contribution in [1.82, 2.24) is 5.32 Å². The normalized spacial score (nSPS) is 16.5. The first-order valence-electron chi connectivity index (χ1n) is 7.51. The first-order chi connectivity index (χ1) is 9.29. The fraction of sp³-hybridized carbons (Fsp3) is 0.625. The van der Waals surface area contributed by atoms with Crippen molar-refractivity contribution in [2.24, 2.45) is 5.92 Å². The molecule has 1 aromatic rings. The van der Waals surface area contributed by atoms with E-state index < -0.39 is 0 Å². The number of halogens is 1. The van der Waals surface area contributed by atoms with Gasteiger partial charge in [-0.25, -0.2) is 4.39 Å². The Hall–Kier alpha value is -1.09. The van der Waals surface area contributed by atoms with E-state index in [0.29, 0.717) is 0 Å². The van der Waals surface area contributed by atoms with Crippen LogP contribution in [0.3, 0.4) is 0 Å². The monoisotopic (exact) mass is 264 g/mol. The number of nitrogens with one attached hydrogen (secondary N) is 1. The Kier molecular flexibility index (Phi) is 5.64. The molecule has 0 atom stereocenters. The van der Waals surface area contributed by atoms with Crippen LogP contribution in [0.5, 0.6) is 0 Å². The summed E-state index contributed by atoms with van der Waals surface area (Å²) in [6.45, 7) is 6.58. The number of nitrogens with zero attached hydrogens (tertiary/aromatic N) is 1. The van der Waals surface area contributed by atoms with Crippen molar-refractivity contribution in [1.29, 1.82) is 0 Å². The highest BCUT2D eigenvalue weighted by Gasteiger charge is 2.13. The van der Waals surface area contributed by atoms with Crippen molar-refractivity contribution in [2.75, 3.05) is 31.1 Å². The Morgan fingerprint density at radius 1 is 1.21 bits per heavy atom. The third-order valence-electron chi connectivity index (χ3n) is 4.07. The van der Waals surface area contributed by atoms with Crippen LogP contribution in [-0.4, -0.2) is 26.2 Å². The third kappa shape index (κ3) is 4.50. The topological polar surface area (TPSA) is 15.3 Å². The number of hydrogen-bond donors (Lipinski definition) is 1. The van der Waals surface area contributed by atoms with Crippen molar-refractivity contribution in [2.45, 2.75) is 32.6 Å². The van der Waals surface area contributed by atoms with E-state index in [2.05, 4.69) is 17.1 Å². The summed E-state index contributed by atoms with van der Waals surface area (Å²) in [5.41, 5.74) is 1.13. The maximum atomic E-state index is 12.9. The number of hydrogen-bond acceptors (Lipinski definition) is 2. The first-order valence-corrected chi connectivity index (χ1v) is 7.51. The Bertz CT molecular complexity index is 358. The van der Waals surface area contributed by atoms with Crippen molar-refractivity contribution in [3.05, 3.63) is 30.1 Å². The molecule has 3 heteroatoms. The summed E-state index contributed by atoms with van der Waals surface area (Å²) >= 11 is 0. The van der Waals surface area contributed by atoms with Gasteiger partial charge in [0.1, 0.15) is 5.82 Å². The van der Waals surface area contributed by atoms with Crippen molar-refractivity contribution < 1.29 is 4.39 Å². The minimum Gasteiger partial charge on any atom is -0.372 e. The van der Waals surface area contributed by atoms with E-state index in [9.17, 15) is 4.39 Å². The van der Waals surface area contributed by atoms with Gasteiger partial charge in [-0.15, -0.1) is 0 Å². The molecule has 0 spiro atoms. The Morgan fingerprint density at radius 2 is 1.89 bits per heavy atom. The zero-order chi connectivity index (χ0) is 13.5. The van der Waals surface area contributed by atoms with Crippen LogP contribution < -0.4 is 10.2 Å². The molecule has 1 aliphatic rings. The predicted molar refractivity (Wildman–Crippen MR) is 79.1 cm³/mol. The minimum atomic E-state index is -0.158. The number of rotatable bonds is 6. The smallest absolute Gasteiger partial charge is 0.123 e. The molecular weight excluding hydrogens is 239 g/mol. The lowest BCUT2D eigenvalue weighted by Crippen LogP contribution is -2.29. The molecule has 0 bridgehead atoms. The SMILES string of the molecule is CCN(CCCC1CCNCC1)c1ccc(F)cc1. The Labute approximate surface area is 116 Å². The van der Waals surface area contributed by atoms with Gasteiger partial charge in [-0.3, -0.25) is 0 Å². The first kappa shape index (κ1) is 14.3. The Balaban J connectivity index is 1.77. The molecule has 1 N–H and O–H groups in total. The second kappa shape index (κ2) is 7.49. The van der Waals surface area contributed by atoms with Crippen LogP contribution >= 0.6 is 0 Å². The molecule has 2 rings (SSSR count). The van der Waals surface area contributed by atoms with Crippen LogP contribution in [0.25, 0.3) is 0 Å². The van der Waals surface area contributed by atoms with Crippen LogP contribution in [-0.2, 0) is 0 Å². The van der Waals surface area contributed by atoms with Crippen molar-refractivity contribution >= 4 is 5.69 Å². The predicted octanol–water partition coefficient (Wildman–Crippen LogP) is 3.43. The van der Waals surface area contributed by atoms with E-state index in [1.54, 1.807) is 12.1 Å². The summed E-state index contributed by atoms with van der Waals surface area (Å²) < 4.78 is 12.9. The highest BCUT2D eigenvalue weighted by atomic mass is 19.1. The number of benzene rings is 1. The van der Waals surface area contributed by atoms with Gasteiger partial charge < -0.3 is 10.2 Å². The summed E-state index contributed by atoms with van der Waals surface area (Å²) in [7, 11) is 0. The van der Waals surface area contributed by atoms with Gasteiger partial charge in [0.05, 0.1) is 0 Å². The van der Waals surface area contributed by atoms with Crippen molar-refractivity contribution in [3.8, 4) is 0 Å². The van der Waals surface area contributed by atoms with Gasteiger partial charge >= 0.3 is 0 Å². The quantitative estimate of drug-likeness (QED) is 0.847. The second-order valence-electron chi connectivity index (χ2n) is 5.39. The standard InChI is InChI=1S/C16H25FN2/c1-2-19(16-7-5-15(17)6-8-16)13-3-4-14-9-11-18-12-10-14/h5-8,14,18H,2-4,9-13H2,1H3. The molecule has 0 unspecified atom stereocenters. The van der Waals surface area contributed by atoms with Gasteiger partial charge in [0.15, 0.2) is 0 Å². The summed E-state index contributed by atoms with van der Waals surface area (Å²) in [6, 6.07) is 6.85. The van der Waals surface area contributed by atoms with E-state index in [1.165, 1.54) is 38.8 Å². The maximum absolute atomic E-state index is 12.9. The average Bonchev–Trinajstić information content (AvgIpc) is 2.46. The largest absolute Gasteiger partial charge is 0.372 e. The summed E-state index contributed by atoms with van der Waals surface area (Å²) in [4.78, 5) is 2.33. The fourth-order valence-electron chi connectivity index (χ4n) is 2.86. The van der Waals surface area contributed by atoms with E-state index in [1.807, 2.05) is 12.1 Å². The lowest BCUT2D eigenvalue weighted by Gasteiger charge is -2.26. The molecule has 2 nitrogen and oxygen atoms in total. The maximum Gasteiger partial charge on any atom is 0.123 e. The van der Waals surface area contributed by atoms with E-state index >= 15 is 0 Å². The molecule has 0 aromatic heterocycles. The minimum absolute atomic E-state index is 0.158. The van der Waals surface area contributed by atoms with Gasteiger partial charge in [-0.05, 0) is 75.9 Å². The Morgan fingerprint density at radius 3 is 2.53 bits per heavy atom. The molecule has 1 aliphatic heterocycles.